The molecule has 4 nitrogen and oxygen atoms in total. The molecule has 1 aliphatic heterocycles. The van der Waals surface area contributed by atoms with Crippen molar-refractivity contribution in [3.8, 4) is 11.8 Å². The Balaban J connectivity index is 2.39. The molecule has 2 rings (SSSR count). The van der Waals surface area contributed by atoms with Gasteiger partial charge in [0.1, 0.15) is 11.6 Å². The Morgan fingerprint density at radius 3 is 2.62 bits per heavy atom. The molecule has 6 N–H and O–H groups in total. The molecule has 6 heteroatoms. The van der Waals surface area contributed by atoms with Gasteiger partial charge in [0.05, 0.1) is 17.8 Å². The van der Waals surface area contributed by atoms with Crippen molar-refractivity contribution in [2.24, 2.45) is 11.5 Å². The second-order valence-electron chi connectivity index (χ2n) is 4.72. The molecule has 0 aliphatic carbocycles. The maximum Gasteiger partial charge on any atom is 0.164 e. The number of likely N-dealkylation sites (N-methyl/N-ethyl adjacent to an activating group) is 1. The van der Waals surface area contributed by atoms with Crippen LogP contribution in [0.1, 0.15) is 5.56 Å². The highest BCUT2D eigenvalue weighted by atomic mass is 19.1. The Labute approximate surface area is 121 Å². The SMILES string of the molecule is CN1CC(C#Cc2c(F)ccc(N)c2F)=CC(CN)=C1N. The summed E-state index contributed by atoms with van der Waals surface area (Å²) >= 11 is 0. The molecule has 0 bridgehead atoms. The molecule has 1 heterocycles. The maximum absolute atomic E-state index is 13.8. The van der Waals surface area contributed by atoms with Crippen LogP contribution in [0.4, 0.5) is 14.5 Å². The molecule has 0 amide bonds. The van der Waals surface area contributed by atoms with Gasteiger partial charge in [-0.2, -0.15) is 0 Å². The molecule has 0 unspecified atom stereocenters. The van der Waals surface area contributed by atoms with Gasteiger partial charge in [0.25, 0.3) is 0 Å². The molecule has 0 atom stereocenters. The topological polar surface area (TPSA) is 81.3 Å². The molecule has 110 valence electrons. The molecule has 21 heavy (non-hydrogen) atoms. The Hall–Kier alpha value is -2.52. The smallest absolute Gasteiger partial charge is 0.164 e. The lowest BCUT2D eigenvalue weighted by atomic mass is 10.1. The molecule has 0 radical (unpaired) electrons. The Morgan fingerprint density at radius 1 is 1.24 bits per heavy atom. The summed E-state index contributed by atoms with van der Waals surface area (Å²) in [6.07, 6.45) is 1.74. The summed E-state index contributed by atoms with van der Waals surface area (Å²) in [5.41, 5.74) is 17.8. The van der Waals surface area contributed by atoms with Crippen molar-refractivity contribution >= 4 is 5.69 Å². The number of halogens is 2. The molecule has 0 saturated heterocycles. The van der Waals surface area contributed by atoms with E-state index in [-0.39, 0.29) is 17.8 Å². The van der Waals surface area contributed by atoms with Crippen molar-refractivity contribution in [1.29, 1.82) is 0 Å². The average molecular weight is 290 g/mol. The number of nitrogens with zero attached hydrogens (tertiary/aromatic N) is 1. The summed E-state index contributed by atoms with van der Waals surface area (Å²) in [5, 5.41) is 0. The van der Waals surface area contributed by atoms with E-state index in [1.807, 2.05) is 0 Å². The van der Waals surface area contributed by atoms with Gasteiger partial charge in [-0.3, -0.25) is 0 Å². The second kappa shape index (κ2) is 5.85. The Bertz CT molecular complexity index is 696. The summed E-state index contributed by atoms with van der Waals surface area (Å²) in [5.74, 6) is 4.23. The highest BCUT2D eigenvalue weighted by Crippen LogP contribution is 2.19. The van der Waals surface area contributed by atoms with Gasteiger partial charge in [0, 0.05) is 24.7 Å². The third-order valence-corrected chi connectivity index (χ3v) is 3.19. The van der Waals surface area contributed by atoms with E-state index in [1.54, 1.807) is 18.0 Å². The van der Waals surface area contributed by atoms with E-state index >= 15 is 0 Å². The van der Waals surface area contributed by atoms with Crippen molar-refractivity contribution in [2.45, 2.75) is 0 Å². The first-order chi connectivity index (χ1) is 9.93. The van der Waals surface area contributed by atoms with Crippen LogP contribution in [-0.2, 0) is 0 Å². The number of nitrogen functional groups attached to an aromatic ring is 1. The Kier molecular flexibility index (Phi) is 4.15. The molecule has 0 spiro atoms. The van der Waals surface area contributed by atoms with E-state index < -0.39 is 11.6 Å². The fourth-order valence-electron chi connectivity index (χ4n) is 1.98. The third kappa shape index (κ3) is 2.98. The molecule has 1 aromatic rings. The number of anilines is 1. The quantitative estimate of drug-likeness (QED) is 0.530. The van der Waals surface area contributed by atoms with Crippen molar-refractivity contribution in [1.82, 2.24) is 4.90 Å². The van der Waals surface area contributed by atoms with Crippen LogP contribution in [0.5, 0.6) is 0 Å². The van der Waals surface area contributed by atoms with Crippen LogP contribution in [0.3, 0.4) is 0 Å². The number of nitrogens with two attached hydrogens (primary N) is 3. The van der Waals surface area contributed by atoms with E-state index in [9.17, 15) is 8.78 Å². The highest BCUT2D eigenvalue weighted by Gasteiger charge is 2.14. The van der Waals surface area contributed by atoms with Gasteiger partial charge in [-0.25, -0.2) is 8.78 Å². The second-order valence-corrected chi connectivity index (χ2v) is 4.72. The van der Waals surface area contributed by atoms with Gasteiger partial charge < -0.3 is 22.1 Å². The van der Waals surface area contributed by atoms with Crippen LogP contribution in [0.15, 0.2) is 35.2 Å². The summed E-state index contributed by atoms with van der Waals surface area (Å²) in [7, 11) is 1.79. The zero-order valence-electron chi connectivity index (χ0n) is 11.6. The van der Waals surface area contributed by atoms with Crippen LogP contribution in [0.25, 0.3) is 0 Å². The molecule has 1 aliphatic rings. The fourth-order valence-corrected chi connectivity index (χ4v) is 1.98. The van der Waals surface area contributed by atoms with Crippen molar-refractivity contribution in [3.63, 3.8) is 0 Å². The number of rotatable bonds is 1. The first-order valence-corrected chi connectivity index (χ1v) is 6.30. The van der Waals surface area contributed by atoms with Crippen LogP contribution in [-0.4, -0.2) is 25.0 Å². The lowest BCUT2D eigenvalue weighted by Gasteiger charge is -2.25. The van der Waals surface area contributed by atoms with Crippen LogP contribution in [0, 0.1) is 23.5 Å². The van der Waals surface area contributed by atoms with Crippen molar-refractivity contribution in [3.05, 3.63) is 52.4 Å². The minimum absolute atomic E-state index is 0.137. The van der Waals surface area contributed by atoms with Crippen LogP contribution >= 0.6 is 0 Å². The summed E-state index contributed by atoms with van der Waals surface area (Å²) in [4.78, 5) is 1.78. The normalized spacial score (nSPS) is 14.7. The first kappa shape index (κ1) is 14.9. The first-order valence-electron chi connectivity index (χ1n) is 6.30. The number of hydrogen-bond donors (Lipinski definition) is 3. The predicted molar refractivity (Wildman–Crippen MR) is 78.6 cm³/mol. The Morgan fingerprint density at radius 2 is 1.95 bits per heavy atom. The monoisotopic (exact) mass is 290 g/mol. The average Bonchev–Trinajstić information content (AvgIpc) is 2.46. The molecule has 0 saturated carbocycles. The van der Waals surface area contributed by atoms with E-state index in [1.165, 1.54) is 6.07 Å². The van der Waals surface area contributed by atoms with Crippen LogP contribution < -0.4 is 17.2 Å². The van der Waals surface area contributed by atoms with Crippen molar-refractivity contribution < 1.29 is 8.78 Å². The van der Waals surface area contributed by atoms with E-state index in [4.69, 9.17) is 17.2 Å². The molecule has 0 aromatic heterocycles. The zero-order valence-corrected chi connectivity index (χ0v) is 11.6. The maximum atomic E-state index is 13.8. The van der Waals surface area contributed by atoms with E-state index in [0.29, 0.717) is 17.9 Å². The molecular formula is C15H16F2N4. The standard InChI is InChI=1S/C15H16F2N4/c1-21-8-9(6-10(7-18)15(21)20)2-3-11-12(16)4-5-13(19)14(11)17/h4-6H,7-8,18-20H2,1H3. The molecular weight excluding hydrogens is 274 g/mol. The fraction of sp³-hybridized carbons (Fsp3) is 0.200. The molecule has 0 fully saturated rings. The van der Waals surface area contributed by atoms with E-state index in [2.05, 4.69) is 11.8 Å². The summed E-state index contributed by atoms with van der Waals surface area (Å²) in [6, 6.07) is 2.26. The summed E-state index contributed by atoms with van der Waals surface area (Å²) in [6.45, 7) is 0.718. The number of benzene rings is 1. The largest absolute Gasteiger partial charge is 0.396 e. The predicted octanol–water partition coefficient (Wildman–Crippen LogP) is 0.899. The van der Waals surface area contributed by atoms with E-state index in [0.717, 1.165) is 11.6 Å². The van der Waals surface area contributed by atoms with Crippen molar-refractivity contribution in [2.75, 3.05) is 25.9 Å². The lowest BCUT2D eigenvalue weighted by molar-refractivity contribution is 0.440. The third-order valence-electron chi connectivity index (χ3n) is 3.19. The summed E-state index contributed by atoms with van der Waals surface area (Å²) < 4.78 is 27.3. The zero-order chi connectivity index (χ0) is 15.6. The van der Waals surface area contributed by atoms with Gasteiger partial charge in [0.2, 0.25) is 0 Å². The van der Waals surface area contributed by atoms with Gasteiger partial charge in [-0.05, 0) is 18.2 Å². The van der Waals surface area contributed by atoms with Gasteiger partial charge in [-0.15, -0.1) is 0 Å². The minimum Gasteiger partial charge on any atom is -0.396 e. The number of hydrogen-bond acceptors (Lipinski definition) is 4. The lowest BCUT2D eigenvalue weighted by Crippen LogP contribution is -2.31. The van der Waals surface area contributed by atoms with Crippen LogP contribution in [0.2, 0.25) is 0 Å². The molecule has 1 aromatic carbocycles. The highest BCUT2D eigenvalue weighted by molar-refractivity contribution is 5.53. The minimum atomic E-state index is -0.846. The van der Waals surface area contributed by atoms with Gasteiger partial charge in [-0.1, -0.05) is 11.8 Å². The van der Waals surface area contributed by atoms with Gasteiger partial charge >= 0.3 is 0 Å². The van der Waals surface area contributed by atoms with Gasteiger partial charge in [0.15, 0.2) is 5.82 Å².